The largest absolute Gasteiger partial charge is 0.462 e. The van der Waals surface area contributed by atoms with Crippen molar-refractivity contribution in [1.82, 2.24) is 20.3 Å². The molecule has 1 fully saturated rings. The lowest BCUT2D eigenvalue weighted by atomic mass is 9.92. The summed E-state index contributed by atoms with van der Waals surface area (Å²) >= 11 is 0. The van der Waals surface area contributed by atoms with Crippen molar-refractivity contribution < 1.29 is 14.3 Å². The molecule has 0 bridgehead atoms. The number of nitrogens with one attached hydrogen (secondary N) is 1. The zero-order chi connectivity index (χ0) is 22.8. The number of furan rings is 1. The number of aromatic nitrogens is 3. The normalized spacial score (nSPS) is 18.4. The molecule has 0 radical (unpaired) electrons. The van der Waals surface area contributed by atoms with Crippen LogP contribution in [0.1, 0.15) is 53.1 Å². The number of aliphatic hydroxyl groups is 1. The van der Waals surface area contributed by atoms with Crippen molar-refractivity contribution >= 4 is 17.0 Å². The minimum absolute atomic E-state index is 0.227. The van der Waals surface area contributed by atoms with Gasteiger partial charge in [-0.15, -0.1) is 0 Å². The monoisotopic (exact) mass is 442 g/mol. The number of carbonyl (C=O) groups excluding carboxylic acids is 1. The molecule has 0 spiro atoms. The first-order valence-corrected chi connectivity index (χ1v) is 11.3. The van der Waals surface area contributed by atoms with Crippen LogP contribution in [0.15, 0.2) is 59.3 Å². The molecule has 2 atom stereocenters. The van der Waals surface area contributed by atoms with Gasteiger partial charge >= 0.3 is 0 Å². The van der Waals surface area contributed by atoms with Crippen molar-refractivity contribution in [1.29, 1.82) is 0 Å². The number of carbonyl (C=O) groups is 1. The van der Waals surface area contributed by atoms with Crippen LogP contribution in [0.2, 0.25) is 0 Å². The Labute approximate surface area is 191 Å². The molecule has 7 heteroatoms. The van der Waals surface area contributed by atoms with Crippen molar-refractivity contribution in [2.24, 2.45) is 0 Å². The van der Waals surface area contributed by atoms with Crippen molar-refractivity contribution in [3.63, 3.8) is 0 Å². The van der Waals surface area contributed by atoms with E-state index >= 15 is 0 Å². The molecule has 2 N–H and O–H groups in total. The maximum absolute atomic E-state index is 12.9. The van der Waals surface area contributed by atoms with Gasteiger partial charge in [-0.3, -0.25) is 4.79 Å². The molecular weight excluding hydrogens is 416 g/mol. The molecule has 5 rings (SSSR count). The Morgan fingerprint density at radius 3 is 2.73 bits per heavy atom. The van der Waals surface area contributed by atoms with Crippen molar-refractivity contribution in [2.75, 3.05) is 0 Å². The third kappa shape index (κ3) is 4.64. The molecule has 1 amide bonds. The molecule has 4 aromatic rings. The summed E-state index contributed by atoms with van der Waals surface area (Å²) in [7, 11) is 0. The summed E-state index contributed by atoms with van der Waals surface area (Å²) in [6.07, 6.45) is 6.95. The fraction of sp³-hybridized carbons (Fsp3) is 0.308. The highest BCUT2D eigenvalue weighted by Gasteiger charge is 2.26. The van der Waals surface area contributed by atoms with Gasteiger partial charge in [0.05, 0.1) is 24.1 Å². The van der Waals surface area contributed by atoms with E-state index in [1.165, 1.54) is 0 Å². The Bertz CT molecular complexity index is 1280. The summed E-state index contributed by atoms with van der Waals surface area (Å²) in [5, 5.41) is 13.2. The summed E-state index contributed by atoms with van der Waals surface area (Å²) in [6, 6.07) is 13.4. The standard InChI is InChI=1S/C26H26N4O3/c1-16-27-12-10-20(28-16)18-8-6-17(7-9-18)14-19-15-23(29-22-11-13-33-25(19)22)26(32)30-21-4-2-3-5-24(21)31/h6-13,15,21,24,31H,2-5,14H2,1H3,(H,30,32)/t21-,24-/m0/s1. The zero-order valence-electron chi connectivity index (χ0n) is 18.5. The van der Waals surface area contributed by atoms with Gasteiger partial charge in [0.1, 0.15) is 17.0 Å². The third-order valence-electron chi connectivity index (χ3n) is 6.19. The second-order valence-corrected chi connectivity index (χ2v) is 8.60. The van der Waals surface area contributed by atoms with E-state index in [1.807, 2.05) is 25.1 Å². The van der Waals surface area contributed by atoms with E-state index in [4.69, 9.17) is 4.42 Å². The van der Waals surface area contributed by atoms with Crippen LogP contribution in [-0.4, -0.2) is 38.1 Å². The minimum Gasteiger partial charge on any atom is -0.462 e. The SMILES string of the molecule is Cc1nccc(-c2ccc(Cc3cc(C(=O)N[C@H]4CCCC[C@@H]4O)nc4ccoc34)cc2)n1. The third-order valence-corrected chi connectivity index (χ3v) is 6.19. The van der Waals surface area contributed by atoms with Crippen molar-refractivity contribution in [3.8, 4) is 11.3 Å². The van der Waals surface area contributed by atoms with Gasteiger partial charge in [0.2, 0.25) is 0 Å². The van der Waals surface area contributed by atoms with Gasteiger partial charge in [-0.1, -0.05) is 37.1 Å². The second-order valence-electron chi connectivity index (χ2n) is 8.60. The van der Waals surface area contributed by atoms with Gasteiger partial charge in [-0.2, -0.15) is 0 Å². The van der Waals surface area contributed by atoms with Gasteiger partial charge in [0.25, 0.3) is 5.91 Å². The van der Waals surface area contributed by atoms with Crippen molar-refractivity contribution in [3.05, 3.63) is 77.6 Å². The van der Waals surface area contributed by atoms with E-state index in [2.05, 4.69) is 32.4 Å². The lowest BCUT2D eigenvalue weighted by molar-refractivity contribution is 0.0714. The number of aryl methyl sites for hydroxylation is 1. The maximum Gasteiger partial charge on any atom is 0.270 e. The number of benzene rings is 1. The highest BCUT2D eigenvalue weighted by molar-refractivity contribution is 5.95. The number of fused-ring (bicyclic) bond motifs is 1. The second kappa shape index (κ2) is 9.11. The van der Waals surface area contributed by atoms with Crippen LogP contribution in [-0.2, 0) is 6.42 Å². The Balaban J connectivity index is 1.39. The average molecular weight is 443 g/mol. The number of pyridine rings is 1. The van der Waals surface area contributed by atoms with Gasteiger partial charge < -0.3 is 14.8 Å². The van der Waals surface area contributed by atoms with Crippen molar-refractivity contribution in [2.45, 2.75) is 51.2 Å². The van der Waals surface area contributed by atoms with Crippen LogP contribution < -0.4 is 5.32 Å². The van der Waals surface area contributed by atoms with Crippen LogP contribution in [0.4, 0.5) is 0 Å². The van der Waals surface area contributed by atoms with E-state index in [9.17, 15) is 9.90 Å². The quantitative estimate of drug-likeness (QED) is 0.480. The molecular formula is C26H26N4O3. The molecule has 0 aliphatic heterocycles. The van der Waals surface area contributed by atoms with Gasteiger partial charge in [-0.25, -0.2) is 15.0 Å². The number of aliphatic hydroxyl groups excluding tert-OH is 1. The van der Waals surface area contributed by atoms with Crippen LogP contribution in [0.3, 0.4) is 0 Å². The molecule has 0 saturated heterocycles. The van der Waals surface area contributed by atoms with Gasteiger partial charge in [-0.05, 0) is 37.5 Å². The summed E-state index contributed by atoms with van der Waals surface area (Å²) in [5.74, 6) is 0.472. The average Bonchev–Trinajstić information content (AvgIpc) is 3.30. The predicted molar refractivity (Wildman–Crippen MR) is 125 cm³/mol. The first-order valence-electron chi connectivity index (χ1n) is 11.3. The van der Waals surface area contributed by atoms with E-state index in [0.717, 1.165) is 53.9 Å². The van der Waals surface area contributed by atoms with Crippen LogP contribution in [0.25, 0.3) is 22.4 Å². The molecule has 3 aromatic heterocycles. The molecule has 1 aromatic carbocycles. The zero-order valence-corrected chi connectivity index (χ0v) is 18.5. The van der Waals surface area contributed by atoms with Crippen LogP contribution in [0, 0.1) is 6.92 Å². The van der Waals surface area contributed by atoms with Gasteiger partial charge in [0.15, 0.2) is 5.58 Å². The number of rotatable bonds is 5. The molecule has 1 saturated carbocycles. The van der Waals surface area contributed by atoms with Crippen LogP contribution in [0.5, 0.6) is 0 Å². The first-order chi connectivity index (χ1) is 16.1. The van der Waals surface area contributed by atoms with E-state index in [1.54, 1.807) is 24.6 Å². The number of hydrogen-bond donors (Lipinski definition) is 2. The lowest BCUT2D eigenvalue weighted by Crippen LogP contribution is -2.45. The van der Waals surface area contributed by atoms with Crippen LogP contribution >= 0.6 is 0 Å². The fourth-order valence-corrected chi connectivity index (χ4v) is 4.42. The minimum atomic E-state index is -0.503. The molecule has 1 aliphatic rings. The molecule has 1 aliphatic carbocycles. The topological polar surface area (TPSA) is 101 Å². The van der Waals surface area contributed by atoms with E-state index in [0.29, 0.717) is 23.2 Å². The molecule has 168 valence electrons. The summed E-state index contributed by atoms with van der Waals surface area (Å²) < 4.78 is 5.68. The molecule has 3 heterocycles. The lowest BCUT2D eigenvalue weighted by Gasteiger charge is -2.28. The maximum atomic E-state index is 12.9. The highest BCUT2D eigenvalue weighted by Crippen LogP contribution is 2.25. The van der Waals surface area contributed by atoms with E-state index in [-0.39, 0.29) is 11.9 Å². The molecule has 0 unspecified atom stereocenters. The Kier molecular flexibility index (Phi) is 5.88. The fourth-order valence-electron chi connectivity index (χ4n) is 4.42. The first kappa shape index (κ1) is 21.3. The molecule has 7 nitrogen and oxygen atoms in total. The van der Waals surface area contributed by atoms with Gasteiger partial charge in [0, 0.05) is 29.8 Å². The molecule has 33 heavy (non-hydrogen) atoms. The number of nitrogens with zero attached hydrogens (tertiary/aromatic N) is 3. The smallest absolute Gasteiger partial charge is 0.270 e. The highest BCUT2D eigenvalue weighted by atomic mass is 16.3. The Morgan fingerprint density at radius 1 is 1.12 bits per heavy atom. The summed E-state index contributed by atoms with van der Waals surface area (Å²) in [4.78, 5) is 26.0. The number of hydrogen-bond acceptors (Lipinski definition) is 6. The predicted octanol–water partition coefficient (Wildman–Crippen LogP) is 4.22. The summed E-state index contributed by atoms with van der Waals surface area (Å²) in [6.45, 7) is 1.87. The van der Waals surface area contributed by atoms with E-state index < -0.39 is 6.10 Å². The Hall–Kier alpha value is -3.58. The number of amides is 1. The Morgan fingerprint density at radius 2 is 1.94 bits per heavy atom. The summed E-state index contributed by atoms with van der Waals surface area (Å²) in [5.41, 5.74) is 5.55.